The van der Waals surface area contributed by atoms with Crippen LogP contribution >= 0.6 is 11.6 Å². The summed E-state index contributed by atoms with van der Waals surface area (Å²) in [5.74, 6) is 0.300. The van der Waals surface area contributed by atoms with E-state index in [0.29, 0.717) is 25.0 Å². The van der Waals surface area contributed by atoms with Gasteiger partial charge in [0.25, 0.3) is 11.6 Å². The molecule has 2 fully saturated rings. The van der Waals surface area contributed by atoms with Gasteiger partial charge in [-0.15, -0.1) is 0 Å². The molecule has 112 valence electrons. The van der Waals surface area contributed by atoms with Gasteiger partial charge in [-0.25, -0.2) is 0 Å². The Morgan fingerprint density at radius 1 is 1.38 bits per heavy atom. The highest BCUT2D eigenvalue weighted by atomic mass is 35.5. The monoisotopic (exact) mass is 309 g/mol. The van der Waals surface area contributed by atoms with Gasteiger partial charge in [0.15, 0.2) is 0 Å². The summed E-state index contributed by atoms with van der Waals surface area (Å²) >= 11 is 5.88. The third-order valence-electron chi connectivity index (χ3n) is 4.23. The summed E-state index contributed by atoms with van der Waals surface area (Å²) in [5, 5.41) is 14.5. The number of piperidine rings is 1. The maximum Gasteiger partial charge on any atom is 0.271 e. The van der Waals surface area contributed by atoms with Crippen molar-refractivity contribution < 1.29 is 9.72 Å². The lowest BCUT2D eigenvalue weighted by Gasteiger charge is -2.24. The normalized spacial score (nSPS) is 24.7. The van der Waals surface area contributed by atoms with E-state index in [1.54, 1.807) is 4.90 Å². The number of hydrogen-bond acceptors (Lipinski definition) is 4. The molecule has 0 saturated carbocycles. The fraction of sp³-hybridized carbons (Fsp3) is 0.500. The average molecular weight is 310 g/mol. The molecule has 21 heavy (non-hydrogen) atoms. The molecule has 0 bridgehead atoms. The highest BCUT2D eigenvalue weighted by Crippen LogP contribution is 2.28. The first-order valence-corrected chi connectivity index (χ1v) is 7.40. The Labute approximate surface area is 127 Å². The number of amides is 1. The van der Waals surface area contributed by atoms with Crippen LogP contribution in [0.25, 0.3) is 0 Å². The highest BCUT2D eigenvalue weighted by molar-refractivity contribution is 6.31. The number of carbonyl (C=O) groups excluding carboxylic acids is 1. The van der Waals surface area contributed by atoms with E-state index in [2.05, 4.69) is 5.32 Å². The number of carbonyl (C=O) groups is 1. The van der Waals surface area contributed by atoms with Crippen LogP contribution in [0.4, 0.5) is 5.69 Å². The zero-order valence-electron chi connectivity index (χ0n) is 11.4. The van der Waals surface area contributed by atoms with Crippen LogP contribution in [-0.4, -0.2) is 41.4 Å². The number of rotatable bonds is 2. The second-order valence-corrected chi connectivity index (χ2v) is 6.06. The Morgan fingerprint density at radius 3 is 2.90 bits per heavy atom. The molecule has 2 heterocycles. The smallest absolute Gasteiger partial charge is 0.271 e. The molecule has 0 aliphatic carbocycles. The zero-order valence-corrected chi connectivity index (χ0v) is 12.2. The van der Waals surface area contributed by atoms with Gasteiger partial charge in [-0.05, 0) is 31.4 Å². The molecule has 1 aromatic rings. The summed E-state index contributed by atoms with van der Waals surface area (Å²) in [5.41, 5.74) is 0.133. The van der Waals surface area contributed by atoms with E-state index < -0.39 is 4.92 Å². The Kier molecular flexibility index (Phi) is 3.82. The van der Waals surface area contributed by atoms with Crippen molar-refractivity contribution in [1.29, 1.82) is 0 Å². The van der Waals surface area contributed by atoms with Gasteiger partial charge in [0.05, 0.1) is 4.92 Å². The first-order chi connectivity index (χ1) is 10.0. The molecule has 1 N–H and O–H groups in total. The largest absolute Gasteiger partial charge is 0.337 e. The number of hydrogen-bond donors (Lipinski definition) is 1. The average Bonchev–Trinajstić information content (AvgIpc) is 2.89. The van der Waals surface area contributed by atoms with E-state index in [4.69, 9.17) is 11.6 Å². The van der Waals surface area contributed by atoms with Crippen molar-refractivity contribution >= 4 is 23.2 Å². The van der Waals surface area contributed by atoms with Crippen molar-refractivity contribution in [2.45, 2.75) is 18.9 Å². The van der Waals surface area contributed by atoms with Gasteiger partial charge in [0.2, 0.25) is 0 Å². The molecular formula is C14H16ClN3O3. The lowest BCUT2D eigenvalue weighted by atomic mass is 9.94. The quantitative estimate of drug-likeness (QED) is 0.670. The Balaban J connectivity index is 1.81. The van der Waals surface area contributed by atoms with Crippen LogP contribution in [0.2, 0.25) is 5.02 Å². The van der Waals surface area contributed by atoms with Crippen LogP contribution in [0.1, 0.15) is 23.2 Å². The fourth-order valence-electron chi connectivity index (χ4n) is 3.20. The summed E-state index contributed by atoms with van der Waals surface area (Å²) in [6.07, 6.45) is 2.25. The molecule has 3 rings (SSSR count). The number of non-ortho nitro benzene ring substituents is 1. The second kappa shape index (κ2) is 5.61. The maximum atomic E-state index is 12.5. The third-order valence-corrected chi connectivity index (χ3v) is 4.44. The molecule has 1 amide bonds. The number of nitro benzene ring substituents is 1. The lowest BCUT2D eigenvalue weighted by Crippen LogP contribution is -2.41. The molecule has 2 atom stereocenters. The van der Waals surface area contributed by atoms with E-state index in [1.807, 2.05) is 0 Å². The summed E-state index contributed by atoms with van der Waals surface area (Å²) in [6, 6.07) is 4.39. The molecule has 0 aromatic heterocycles. The number of nitrogens with zero attached hydrogens (tertiary/aromatic N) is 2. The fourth-order valence-corrected chi connectivity index (χ4v) is 3.43. The number of nitro groups is 1. The standard InChI is InChI=1S/C14H16ClN3O3/c15-11-4-10(5-12(6-11)18(20)21)14(19)17-7-9-2-1-3-16-13(9)8-17/h4-6,9,13,16H,1-3,7-8H2/t9-,13+/m0/s1. The van der Waals surface area contributed by atoms with E-state index in [9.17, 15) is 14.9 Å². The first kappa shape index (κ1) is 14.3. The van der Waals surface area contributed by atoms with Crippen LogP contribution in [0.15, 0.2) is 18.2 Å². The topological polar surface area (TPSA) is 75.5 Å². The molecule has 0 radical (unpaired) electrons. The number of likely N-dealkylation sites (tertiary alicyclic amines) is 1. The van der Waals surface area contributed by atoms with E-state index in [-0.39, 0.29) is 22.2 Å². The number of nitrogens with one attached hydrogen (secondary N) is 1. The van der Waals surface area contributed by atoms with Crippen LogP contribution in [-0.2, 0) is 0 Å². The minimum Gasteiger partial charge on any atom is -0.337 e. The van der Waals surface area contributed by atoms with Crippen molar-refractivity contribution in [2.75, 3.05) is 19.6 Å². The predicted octanol–water partition coefficient (Wildman–Crippen LogP) is 2.07. The summed E-state index contributed by atoms with van der Waals surface area (Å²) < 4.78 is 0. The summed E-state index contributed by atoms with van der Waals surface area (Å²) in [4.78, 5) is 24.6. The van der Waals surface area contributed by atoms with Crippen molar-refractivity contribution in [3.8, 4) is 0 Å². The van der Waals surface area contributed by atoms with Crippen molar-refractivity contribution in [3.05, 3.63) is 38.9 Å². The Bertz CT molecular complexity index is 579. The molecule has 6 nitrogen and oxygen atoms in total. The molecule has 1 aromatic carbocycles. The van der Waals surface area contributed by atoms with Gasteiger partial charge in [-0.2, -0.15) is 0 Å². The van der Waals surface area contributed by atoms with Crippen molar-refractivity contribution in [1.82, 2.24) is 10.2 Å². The number of fused-ring (bicyclic) bond motifs is 1. The summed E-state index contributed by atoms with van der Waals surface area (Å²) in [6.45, 7) is 2.35. The predicted molar refractivity (Wildman–Crippen MR) is 78.5 cm³/mol. The summed E-state index contributed by atoms with van der Waals surface area (Å²) in [7, 11) is 0. The Morgan fingerprint density at radius 2 is 2.19 bits per heavy atom. The maximum absolute atomic E-state index is 12.5. The first-order valence-electron chi connectivity index (χ1n) is 7.02. The minimum atomic E-state index is -0.534. The Hall–Kier alpha value is -1.66. The van der Waals surface area contributed by atoms with Crippen LogP contribution < -0.4 is 5.32 Å². The van der Waals surface area contributed by atoms with E-state index >= 15 is 0 Å². The number of halogens is 1. The third kappa shape index (κ3) is 2.87. The lowest BCUT2D eigenvalue weighted by molar-refractivity contribution is -0.384. The molecule has 0 unspecified atom stereocenters. The van der Waals surface area contributed by atoms with Gasteiger partial charge >= 0.3 is 0 Å². The highest BCUT2D eigenvalue weighted by Gasteiger charge is 2.36. The molecule has 2 aliphatic heterocycles. The van der Waals surface area contributed by atoms with Crippen LogP contribution in [0.3, 0.4) is 0 Å². The molecule has 2 saturated heterocycles. The molecule has 7 heteroatoms. The van der Waals surface area contributed by atoms with Crippen LogP contribution in [0.5, 0.6) is 0 Å². The molecule has 0 spiro atoms. The van der Waals surface area contributed by atoms with E-state index in [0.717, 1.165) is 19.4 Å². The van der Waals surface area contributed by atoms with Gasteiger partial charge in [-0.1, -0.05) is 11.6 Å². The SMILES string of the molecule is O=C(c1cc(Cl)cc([N+](=O)[O-])c1)N1C[C@@H]2CCCN[C@@H]2C1. The van der Waals surface area contributed by atoms with Crippen molar-refractivity contribution in [2.24, 2.45) is 5.92 Å². The number of benzene rings is 1. The van der Waals surface area contributed by atoms with Gasteiger partial charge < -0.3 is 10.2 Å². The van der Waals surface area contributed by atoms with E-state index in [1.165, 1.54) is 18.2 Å². The minimum absolute atomic E-state index is 0.152. The van der Waals surface area contributed by atoms with Crippen molar-refractivity contribution in [3.63, 3.8) is 0 Å². The van der Waals surface area contributed by atoms with Gasteiger partial charge in [0, 0.05) is 41.9 Å². The molecular weight excluding hydrogens is 294 g/mol. The van der Waals surface area contributed by atoms with Gasteiger partial charge in [0.1, 0.15) is 0 Å². The zero-order chi connectivity index (χ0) is 15.0. The van der Waals surface area contributed by atoms with Gasteiger partial charge in [-0.3, -0.25) is 14.9 Å². The molecule has 2 aliphatic rings. The van der Waals surface area contributed by atoms with Crippen LogP contribution in [0, 0.1) is 16.0 Å². The second-order valence-electron chi connectivity index (χ2n) is 5.63.